The van der Waals surface area contributed by atoms with Crippen LogP contribution in [0.4, 0.5) is 5.82 Å². The third-order valence-electron chi connectivity index (χ3n) is 2.78. The number of nitrogens with two attached hydrogens (primary N) is 1. The van der Waals surface area contributed by atoms with Gasteiger partial charge in [-0.2, -0.15) is 0 Å². The number of hydrogen-bond donors (Lipinski definition) is 1. The second-order valence-electron chi connectivity index (χ2n) is 4.51. The van der Waals surface area contributed by atoms with Gasteiger partial charge in [0.1, 0.15) is 17.3 Å². The normalized spacial score (nSPS) is 11.2. The highest BCUT2D eigenvalue weighted by Crippen LogP contribution is 2.32. The number of imidazole rings is 1. The summed E-state index contributed by atoms with van der Waals surface area (Å²) >= 11 is 12.0. The van der Waals surface area contributed by atoms with Crippen LogP contribution >= 0.6 is 23.2 Å². The molecule has 1 aromatic heterocycles. The predicted molar refractivity (Wildman–Crippen MR) is 77.2 cm³/mol. The molecule has 0 bridgehead atoms. The maximum absolute atomic E-state index is 6.15. The van der Waals surface area contributed by atoms with Crippen molar-refractivity contribution in [2.24, 2.45) is 0 Å². The second-order valence-corrected chi connectivity index (χ2v) is 5.39. The number of aromatic nitrogens is 2. The minimum absolute atomic E-state index is 0.265. The SMILES string of the molecule is Cc1nc(-c2cc(Cl)cc(Cl)c2)c(N)n1C(C)C. The quantitative estimate of drug-likeness (QED) is 0.892. The largest absolute Gasteiger partial charge is 0.383 e. The maximum Gasteiger partial charge on any atom is 0.131 e. The lowest BCUT2D eigenvalue weighted by Crippen LogP contribution is -2.07. The highest BCUT2D eigenvalue weighted by molar-refractivity contribution is 6.35. The van der Waals surface area contributed by atoms with Crippen LogP contribution in [0.1, 0.15) is 25.7 Å². The van der Waals surface area contributed by atoms with Gasteiger partial charge in [0.15, 0.2) is 0 Å². The standard InChI is InChI=1S/C13H15Cl2N3/c1-7(2)18-8(3)17-12(13(18)16)9-4-10(14)6-11(15)5-9/h4-7H,16H2,1-3H3. The van der Waals surface area contributed by atoms with Crippen LogP contribution in [0.3, 0.4) is 0 Å². The van der Waals surface area contributed by atoms with E-state index in [1.54, 1.807) is 6.07 Å². The van der Waals surface area contributed by atoms with Gasteiger partial charge < -0.3 is 10.3 Å². The van der Waals surface area contributed by atoms with E-state index in [2.05, 4.69) is 18.8 Å². The zero-order chi connectivity index (χ0) is 13.4. The maximum atomic E-state index is 6.15. The van der Waals surface area contributed by atoms with Crippen LogP contribution in [0.2, 0.25) is 10.0 Å². The summed E-state index contributed by atoms with van der Waals surface area (Å²) in [4.78, 5) is 4.50. The van der Waals surface area contributed by atoms with Crippen molar-refractivity contribution < 1.29 is 0 Å². The fraction of sp³-hybridized carbons (Fsp3) is 0.308. The monoisotopic (exact) mass is 283 g/mol. The Morgan fingerprint density at radius 3 is 2.17 bits per heavy atom. The molecule has 0 fully saturated rings. The average Bonchev–Trinajstić information content (AvgIpc) is 2.52. The molecule has 0 amide bonds. The molecule has 0 radical (unpaired) electrons. The van der Waals surface area contributed by atoms with Crippen molar-refractivity contribution in [3.63, 3.8) is 0 Å². The van der Waals surface area contributed by atoms with Gasteiger partial charge in [-0.25, -0.2) is 4.98 Å². The van der Waals surface area contributed by atoms with E-state index in [-0.39, 0.29) is 6.04 Å². The molecule has 0 atom stereocenters. The zero-order valence-electron chi connectivity index (χ0n) is 10.5. The van der Waals surface area contributed by atoms with Gasteiger partial charge in [-0.05, 0) is 39.0 Å². The van der Waals surface area contributed by atoms with Crippen molar-refractivity contribution in [3.8, 4) is 11.3 Å². The Morgan fingerprint density at radius 1 is 1.17 bits per heavy atom. The molecular formula is C13H15Cl2N3. The highest BCUT2D eigenvalue weighted by atomic mass is 35.5. The molecule has 0 aliphatic rings. The number of halogens is 2. The van der Waals surface area contributed by atoms with E-state index in [1.165, 1.54) is 0 Å². The van der Waals surface area contributed by atoms with Crippen molar-refractivity contribution in [2.75, 3.05) is 5.73 Å². The highest BCUT2D eigenvalue weighted by Gasteiger charge is 2.16. The molecule has 2 rings (SSSR count). The molecule has 2 aromatic rings. The number of hydrogen-bond acceptors (Lipinski definition) is 2. The van der Waals surface area contributed by atoms with Crippen molar-refractivity contribution >= 4 is 29.0 Å². The molecule has 1 heterocycles. The van der Waals surface area contributed by atoms with Crippen LogP contribution in [-0.2, 0) is 0 Å². The molecule has 0 unspecified atom stereocenters. The van der Waals surface area contributed by atoms with Gasteiger partial charge >= 0.3 is 0 Å². The van der Waals surface area contributed by atoms with E-state index in [0.29, 0.717) is 15.9 Å². The lowest BCUT2D eigenvalue weighted by Gasteiger charge is -2.11. The molecule has 2 N–H and O–H groups in total. The van der Waals surface area contributed by atoms with Gasteiger partial charge in [-0.15, -0.1) is 0 Å². The number of rotatable bonds is 2. The lowest BCUT2D eigenvalue weighted by molar-refractivity contribution is 0.590. The van der Waals surface area contributed by atoms with E-state index in [4.69, 9.17) is 28.9 Å². The smallest absolute Gasteiger partial charge is 0.131 e. The molecule has 18 heavy (non-hydrogen) atoms. The Morgan fingerprint density at radius 2 is 1.72 bits per heavy atom. The minimum atomic E-state index is 0.265. The summed E-state index contributed by atoms with van der Waals surface area (Å²) in [5.41, 5.74) is 7.72. The number of benzene rings is 1. The summed E-state index contributed by atoms with van der Waals surface area (Å²) in [5.74, 6) is 1.52. The first-order valence-corrected chi connectivity index (χ1v) is 6.46. The Labute approximate surface area is 117 Å². The van der Waals surface area contributed by atoms with Crippen LogP contribution < -0.4 is 5.73 Å². The van der Waals surface area contributed by atoms with Gasteiger partial charge in [-0.3, -0.25) is 0 Å². The molecule has 1 aromatic carbocycles. The van der Waals surface area contributed by atoms with E-state index in [0.717, 1.165) is 17.1 Å². The molecular weight excluding hydrogens is 269 g/mol. The van der Waals surface area contributed by atoms with Crippen molar-refractivity contribution in [3.05, 3.63) is 34.1 Å². The molecule has 3 nitrogen and oxygen atoms in total. The average molecular weight is 284 g/mol. The Hall–Kier alpha value is -1.19. The topological polar surface area (TPSA) is 43.8 Å². The predicted octanol–water partition coefficient (Wildman–Crippen LogP) is 4.33. The first-order chi connectivity index (χ1) is 8.40. The first-order valence-electron chi connectivity index (χ1n) is 5.71. The van der Waals surface area contributed by atoms with Crippen LogP contribution in [0.15, 0.2) is 18.2 Å². The molecule has 0 aliphatic carbocycles. The molecule has 0 saturated carbocycles. The Bertz CT molecular complexity index is 568. The number of anilines is 1. The van der Waals surface area contributed by atoms with Gasteiger partial charge in [0.05, 0.1) is 0 Å². The zero-order valence-corrected chi connectivity index (χ0v) is 12.0. The van der Waals surface area contributed by atoms with Gasteiger partial charge in [-0.1, -0.05) is 23.2 Å². The number of nitrogens with zero attached hydrogens (tertiary/aromatic N) is 2. The molecule has 5 heteroatoms. The summed E-state index contributed by atoms with van der Waals surface area (Å²) in [6.07, 6.45) is 0. The van der Waals surface area contributed by atoms with Crippen molar-refractivity contribution in [2.45, 2.75) is 26.8 Å². The van der Waals surface area contributed by atoms with Gasteiger partial charge in [0.25, 0.3) is 0 Å². The van der Waals surface area contributed by atoms with Crippen LogP contribution in [0, 0.1) is 6.92 Å². The number of aryl methyl sites for hydroxylation is 1. The summed E-state index contributed by atoms with van der Waals surface area (Å²) < 4.78 is 1.99. The third kappa shape index (κ3) is 2.33. The fourth-order valence-electron chi connectivity index (χ4n) is 2.12. The van der Waals surface area contributed by atoms with Crippen LogP contribution in [-0.4, -0.2) is 9.55 Å². The second kappa shape index (κ2) is 4.82. The van der Waals surface area contributed by atoms with E-state index < -0.39 is 0 Å². The van der Waals surface area contributed by atoms with Crippen molar-refractivity contribution in [1.29, 1.82) is 0 Å². The van der Waals surface area contributed by atoms with Gasteiger partial charge in [0.2, 0.25) is 0 Å². The summed E-state index contributed by atoms with van der Waals surface area (Å²) in [5, 5.41) is 1.15. The number of nitrogen functional groups attached to an aromatic ring is 1. The van der Waals surface area contributed by atoms with E-state index in [9.17, 15) is 0 Å². The minimum Gasteiger partial charge on any atom is -0.383 e. The summed E-state index contributed by atoms with van der Waals surface area (Å²) in [6.45, 7) is 6.07. The van der Waals surface area contributed by atoms with Crippen LogP contribution in [0.25, 0.3) is 11.3 Å². The summed E-state index contributed by atoms with van der Waals surface area (Å²) in [6, 6.07) is 5.59. The molecule has 0 saturated heterocycles. The molecule has 0 spiro atoms. The Balaban J connectivity index is 2.61. The third-order valence-corrected chi connectivity index (χ3v) is 3.21. The lowest BCUT2D eigenvalue weighted by atomic mass is 10.1. The van der Waals surface area contributed by atoms with E-state index in [1.807, 2.05) is 23.6 Å². The van der Waals surface area contributed by atoms with Gasteiger partial charge in [0, 0.05) is 21.7 Å². The van der Waals surface area contributed by atoms with Crippen LogP contribution in [0.5, 0.6) is 0 Å². The first kappa shape index (κ1) is 13.2. The van der Waals surface area contributed by atoms with E-state index >= 15 is 0 Å². The van der Waals surface area contributed by atoms with Crippen molar-refractivity contribution in [1.82, 2.24) is 9.55 Å². The Kier molecular flexibility index (Phi) is 3.55. The molecule has 0 aliphatic heterocycles. The summed E-state index contributed by atoms with van der Waals surface area (Å²) in [7, 11) is 0. The molecule has 96 valence electrons. The fourth-order valence-corrected chi connectivity index (χ4v) is 2.64.